The summed E-state index contributed by atoms with van der Waals surface area (Å²) in [4.78, 5) is 13.2. The number of azo groups is 1. The lowest BCUT2D eigenvalue weighted by atomic mass is 10.0. The molecule has 0 unspecified atom stereocenters. The van der Waals surface area contributed by atoms with Gasteiger partial charge in [-0.3, -0.25) is 9.52 Å². The van der Waals surface area contributed by atoms with Crippen LogP contribution in [0.25, 0.3) is 10.8 Å². The van der Waals surface area contributed by atoms with Crippen LogP contribution in [0.1, 0.15) is 21.5 Å². The Bertz CT molecular complexity index is 1850. The summed E-state index contributed by atoms with van der Waals surface area (Å²) in [6, 6.07) is 29.1. The Morgan fingerprint density at radius 2 is 1.38 bits per heavy atom. The molecule has 1 amide bonds. The number of benzene rings is 5. The van der Waals surface area contributed by atoms with Gasteiger partial charge in [0.1, 0.15) is 5.75 Å². The van der Waals surface area contributed by atoms with E-state index in [0.717, 1.165) is 5.56 Å². The van der Waals surface area contributed by atoms with Crippen molar-refractivity contribution >= 4 is 49.5 Å². The highest BCUT2D eigenvalue weighted by molar-refractivity contribution is 7.92. The maximum absolute atomic E-state index is 13.0. The van der Waals surface area contributed by atoms with Gasteiger partial charge < -0.3 is 10.4 Å². The molecule has 0 bridgehead atoms. The van der Waals surface area contributed by atoms with Gasteiger partial charge in [0.15, 0.2) is 0 Å². The second-order valence-corrected chi connectivity index (χ2v) is 11.0. The van der Waals surface area contributed by atoms with E-state index < -0.39 is 15.9 Å². The van der Waals surface area contributed by atoms with Crippen LogP contribution >= 0.6 is 0 Å². The molecule has 200 valence electrons. The van der Waals surface area contributed by atoms with Crippen LogP contribution in [0.4, 0.5) is 22.7 Å². The highest BCUT2D eigenvalue weighted by atomic mass is 32.2. The van der Waals surface area contributed by atoms with Gasteiger partial charge >= 0.3 is 0 Å². The fraction of sp³-hybridized carbons (Fsp3) is 0.0645. The molecule has 8 nitrogen and oxygen atoms in total. The number of carbonyl (C=O) groups is 1. The molecule has 0 spiro atoms. The van der Waals surface area contributed by atoms with Gasteiger partial charge in [0, 0.05) is 22.1 Å². The van der Waals surface area contributed by atoms with Crippen molar-refractivity contribution in [2.75, 3.05) is 10.0 Å². The van der Waals surface area contributed by atoms with E-state index in [1.54, 1.807) is 91.9 Å². The molecule has 0 aromatic heterocycles. The Kier molecular flexibility index (Phi) is 7.31. The summed E-state index contributed by atoms with van der Waals surface area (Å²) in [5, 5.41) is 23.6. The smallest absolute Gasteiger partial charge is 0.261 e. The van der Waals surface area contributed by atoms with Crippen molar-refractivity contribution < 1.29 is 18.3 Å². The number of fused-ring (bicyclic) bond motifs is 1. The summed E-state index contributed by atoms with van der Waals surface area (Å²) in [7, 11) is -3.74. The van der Waals surface area contributed by atoms with Gasteiger partial charge in [-0.25, -0.2) is 8.42 Å². The lowest BCUT2D eigenvalue weighted by molar-refractivity contribution is 0.102. The molecule has 0 saturated heterocycles. The van der Waals surface area contributed by atoms with E-state index in [9.17, 15) is 18.3 Å². The number of hydrogen-bond acceptors (Lipinski definition) is 6. The minimum absolute atomic E-state index is 0.0640. The zero-order chi connectivity index (χ0) is 28.3. The Morgan fingerprint density at radius 3 is 2.08 bits per heavy atom. The minimum Gasteiger partial charge on any atom is -0.506 e. The molecule has 5 aromatic rings. The first-order valence-electron chi connectivity index (χ1n) is 12.4. The predicted octanol–water partition coefficient (Wildman–Crippen LogP) is 7.63. The second-order valence-electron chi connectivity index (χ2n) is 9.28. The van der Waals surface area contributed by atoms with E-state index in [4.69, 9.17) is 0 Å². The second kappa shape index (κ2) is 11.0. The van der Waals surface area contributed by atoms with Crippen LogP contribution in [0.2, 0.25) is 0 Å². The number of hydrogen-bond donors (Lipinski definition) is 3. The zero-order valence-electron chi connectivity index (χ0n) is 21.8. The Labute approximate surface area is 232 Å². The van der Waals surface area contributed by atoms with E-state index in [1.807, 2.05) is 19.1 Å². The number of anilines is 2. The number of rotatable bonds is 7. The van der Waals surface area contributed by atoms with E-state index in [0.29, 0.717) is 39.1 Å². The number of aryl methyl sites for hydroxylation is 2. The van der Waals surface area contributed by atoms with E-state index in [-0.39, 0.29) is 16.2 Å². The lowest BCUT2D eigenvalue weighted by Gasteiger charge is -2.11. The van der Waals surface area contributed by atoms with Gasteiger partial charge in [0.05, 0.1) is 21.8 Å². The predicted molar refractivity (Wildman–Crippen MR) is 157 cm³/mol. The Hall–Kier alpha value is -5.02. The molecule has 0 aliphatic heterocycles. The first kappa shape index (κ1) is 26.6. The van der Waals surface area contributed by atoms with Crippen LogP contribution in [0.15, 0.2) is 118 Å². The maximum Gasteiger partial charge on any atom is 0.261 e. The molecule has 0 aliphatic rings. The fourth-order valence-electron chi connectivity index (χ4n) is 4.19. The van der Waals surface area contributed by atoms with Crippen LogP contribution in [-0.4, -0.2) is 19.4 Å². The van der Waals surface area contributed by atoms with E-state index >= 15 is 0 Å². The number of carbonyl (C=O) groups excluding carboxylic acids is 1. The number of amides is 1. The van der Waals surface area contributed by atoms with Crippen LogP contribution < -0.4 is 10.0 Å². The molecule has 5 rings (SSSR count). The van der Waals surface area contributed by atoms with Gasteiger partial charge in [-0.05, 0) is 67.9 Å². The maximum atomic E-state index is 13.0. The molecule has 3 N–H and O–H groups in total. The minimum atomic E-state index is -3.74. The van der Waals surface area contributed by atoms with Gasteiger partial charge in [-0.15, -0.1) is 5.11 Å². The molecule has 40 heavy (non-hydrogen) atoms. The summed E-state index contributed by atoms with van der Waals surface area (Å²) in [5.74, 6) is -0.628. The molecule has 5 aromatic carbocycles. The number of sulfonamides is 1. The SMILES string of the molecule is Cc1ccc(S(=O)(=O)Nc2ccc(N=Nc3cc(C(=O)Nc4ccccc4)c(O)c4ccccc34)c(C)c2)cc1. The van der Waals surface area contributed by atoms with E-state index in [2.05, 4.69) is 20.3 Å². The average Bonchev–Trinajstić information content (AvgIpc) is 2.94. The Balaban J connectivity index is 1.44. The number of nitrogens with zero attached hydrogens (tertiary/aromatic N) is 2. The van der Waals surface area contributed by atoms with Crippen molar-refractivity contribution in [3.05, 3.63) is 120 Å². The fourth-order valence-corrected chi connectivity index (χ4v) is 5.24. The van der Waals surface area contributed by atoms with Gasteiger partial charge in [0.2, 0.25) is 0 Å². The first-order valence-corrected chi connectivity index (χ1v) is 13.9. The summed E-state index contributed by atoms with van der Waals surface area (Å²) in [6.07, 6.45) is 0. The van der Waals surface area contributed by atoms with Crippen LogP contribution in [0, 0.1) is 13.8 Å². The molecule has 9 heteroatoms. The van der Waals surface area contributed by atoms with Gasteiger partial charge in [-0.2, -0.15) is 5.11 Å². The third-order valence-electron chi connectivity index (χ3n) is 6.32. The topological polar surface area (TPSA) is 120 Å². The third-order valence-corrected chi connectivity index (χ3v) is 7.71. The van der Waals surface area contributed by atoms with Gasteiger partial charge in [-0.1, -0.05) is 60.2 Å². The molecule has 0 fully saturated rings. The van der Waals surface area contributed by atoms with Crippen LogP contribution in [0.3, 0.4) is 0 Å². The molecule has 0 atom stereocenters. The van der Waals surface area contributed by atoms with Crippen LogP contribution in [-0.2, 0) is 10.0 Å². The first-order chi connectivity index (χ1) is 19.2. The molecule has 0 radical (unpaired) electrons. The molecule has 0 aliphatic carbocycles. The summed E-state index contributed by atoms with van der Waals surface area (Å²) in [5.41, 5.74) is 3.63. The van der Waals surface area contributed by atoms with Crippen molar-refractivity contribution in [3.63, 3.8) is 0 Å². The highest BCUT2D eigenvalue weighted by Gasteiger charge is 2.18. The average molecular weight is 551 g/mol. The summed E-state index contributed by atoms with van der Waals surface area (Å²) in [6.45, 7) is 3.69. The Morgan fingerprint density at radius 1 is 0.725 bits per heavy atom. The number of para-hydroxylation sites is 1. The molecule has 0 saturated carbocycles. The largest absolute Gasteiger partial charge is 0.506 e. The van der Waals surface area contributed by atoms with Crippen molar-refractivity contribution in [2.45, 2.75) is 18.7 Å². The van der Waals surface area contributed by atoms with Gasteiger partial charge in [0.25, 0.3) is 15.9 Å². The molecular formula is C31H26N4O4S. The summed E-state index contributed by atoms with van der Waals surface area (Å²) < 4.78 is 28.1. The third kappa shape index (κ3) is 5.69. The highest BCUT2D eigenvalue weighted by Crippen LogP contribution is 2.37. The van der Waals surface area contributed by atoms with E-state index in [1.165, 1.54) is 6.07 Å². The summed E-state index contributed by atoms with van der Waals surface area (Å²) >= 11 is 0. The van der Waals surface area contributed by atoms with Crippen molar-refractivity contribution in [3.8, 4) is 5.75 Å². The number of phenolic OH excluding ortho intramolecular Hbond substituents is 1. The van der Waals surface area contributed by atoms with Crippen LogP contribution in [0.5, 0.6) is 5.75 Å². The normalized spacial score (nSPS) is 11.6. The van der Waals surface area contributed by atoms with Crippen molar-refractivity contribution in [1.29, 1.82) is 0 Å². The van der Waals surface area contributed by atoms with Crippen molar-refractivity contribution in [1.82, 2.24) is 0 Å². The van der Waals surface area contributed by atoms with Crippen molar-refractivity contribution in [2.24, 2.45) is 10.2 Å². The zero-order valence-corrected chi connectivity index (χ0v) is 22.6. The molecular weight excluding hydrogens is 524 g/mol. The number of phenols is 1. The quantitative estimate of drug-likeness (QED) is 0.180. The lowest BCUT2D eigenvalue weighted by Crippen LogP contribution is -2.12. The monoisotopic (exact) mass is 550 g/mol. The number of aromatic hydroxyl groups is 1. The molecule has 0 heterocycles. The number of nitrogens with one attached hydrogen (secondary N) is 2. The standard InChI is InChI=1S/C31H26N4O4S/c1-20-12-15-24(16-13-20)40(38,39)35-23-14-17-28(21(2)18-23)33-34-29-19-27(30(36)26-11-7-6-10-25(26)29)31(37)32-22-8-4-3-5-9-22/h3-19,35-36H,1-2H3,(H,32,37).